The molecule has 1 aliphatic heterocycles. The van der Waals surface area contributed by atoms with Gasteiger partial charge in [0.2, 0.25) is 11.8 Å². The Morgan fingerprint density at radius 3 is 2.24 bits per heavy atom. The van der Waals surface area contributed by atoms with Crippen LogP contribution in [0, 0.1) is 11.3 Å². The fourth-order valence-electron chi connectivity index (χ4n) is 3.54. The molecule has 1 saturated carbocycles. The molecule has 0 radical (unpaired) electrons. The van der Waals surface area contributed by atoms with Gasteiger partial charge in [-0.2, -0.15) is 0 Å². The van der Waals surface area contributed by atoms with Gasteiger partial charge < -0.3 is 10.2 Å². The van der Waals surface area contributed by atoms with Crippen LogP contribution in [-0.4, -0.2) is 34.8 Å². The monoisotopic (exact) mass is 294 g/mol. The molecular weight excluding hydrogens is 264 g/mol. The average molecular weight is 294 g/mol. The van der Waals surface area contributed by atoms with E-state index >= 15 is 0 Å². The second kappa shape index (κ2) is 5.98. The molecule has 0 aromatic carbocycles. The highest BCUT2D eigenvalue weighted by atomic mass is 16.2. The Balaban J connectivity index is 2.22. The van der Waals surface area contributed by atoms with Gasteiger partial charge in [-0.05, 0) is 38.0 Å². The van der Waals surface area contributed by atoms with Gasteiger partial charge in [0.1, 0.15) is 12.1 Å². The molecule has 0 aromatic rings. The van der Waals surface area contributed by atoms with E-state index in [9.17, 15) is 9.59 Å². The van der Waals surface area contributed by atoms with Crippen molar-refractivity contribution in [1.82, 2.24) is 10.2 Å². The van der Waals surface area contributed by atoms with Gasteiger partial charge in [0.15, 0.2) is 0 Å². The van der Waals surface area contributed by atoms with Gasteiger partial charge in [0, 0.05) is 6.04 Å². The molecule has 1 aliphatic carbocycles. The Morgan fingerprint density at radius 1 is 1.14 bits per heavy atom. The van der Waals surface area contributed by atoms with E-state index in [0.717, 1.165) is 12.8 Å². The third-order valence-corrected chi connectivity index (χ3v) is 5.41. The predicted molar refractivity (Wildman–Crippen MR) is 83.7 cm³/mol. The number of nitrogens with one attached hydrogen (secondary N) is 1. The lowest BCUT2D eigenvalue weighted by atomic mass is 9.80. The van der Waals surface area contributed by atoms with Gasteiger partial charge in [0.25, 0.3) is 0 Å². The summed E-state index contributed by atoms with van der Waals surface area (Å²) in [7, 11) is 0. The van der Waals surface area contributed by atoms with Crippen molar-refractivity contribution in [2.24, 2.45) is 11.3 Å². The topological polar surface area (TPSA) is 49.4 Å². The fourth-order valence-corrected chi connectivity index (χ4v) is 3.54. The molecule has 2 amide bonds. The molecule has 0 bridgehead atoms. The third kappa shape index (κ3) is 3.24. The van der Waals surface area contributed by atoms with Gasteiger partial charge in [-0.25, -0.2) is 0 Å². The highest BCUT2D eigenvalue weighted by Crippen LogP contribution is 2.32. The maximum absolute atomic E-state index is 13.0. The molecular formula is C17H30N2O2. The largest absolute Gasteiger partial charge is 0.342 e. The number of carbonyl (C=O) groups excluding carboxylic acids is 2. The van der Waals surface area contributed by atoms with Gasteiger partial charge >= 0.3 is 0 Å². The Bertz CT molecular complexity index is 408. The molecule has 21 heavy (non-hydrogen) atoms. The summed E-state index contributed by atoms with van der Waals surface area (Å²) in [6.45, 7) is 10.3. The number of hydrogen-bond acceptors (Lipinski definition) is 2. The number of hydrogen-bond donors (Lipinski definition) is 1. The zero-order valence-corrected chi connectivity index (χ0v) is 14.1. The van der Waals surface area contributed by atoms with Crippen molar-refractivity contribution in [2.75, 3.05) is 0 Å². The maximum Gasteiger partial charge on any atom is 0.246 e. The first-order valence-corrected chi connectivity index (χ1v) is 8.36. The second-order valence-electron chi connectivity index (χ2n) is 7.85. The van der Waals surface area contributed by atoms with Crippen LogP contribution in [0.4, 0.5) is 0 Å². The molecule has 1 heterocycles. The van der Waals surface area contributed by atoms with E-state index in [1.54, 1.807) is 0 Å². The maximum atomic E-state index is 13.0. The average Bonchev–Trinajstić information content (AvgIpc) is 2.43. The number of piperazine rings is 1. The smallest absolute Gasteiger partial charge is 0.246 e. The zero-order valence-electron chi connectivity index (χ0n) is 14.1. The van der Waals surface area contributed by atoms with Crippen LogP contribution in [0.5, 0.6) is 0 Å². The number of rotatable bonds is 2. The molecule has 0 spiro atoms. The summed E-state index contributed by atoms with van der Waals surface area (Å²) in [6.07, 6.45) is 5.72. The number of nitrogens with zero attached hydrogens (tertiary/aromatic N) is 1. The SMILES string of the molecule is CC1C(=O)NC(C2CCCCC2)C(=O)N1C(C)C(C)(C)C. The van der Waals surface area contributed by atoms with Gasteiger partial charge in [-0.3, -0.25) is 9.59 Å². The normalized spacial score (nSPS) is 30.2. The third-order valence-electron chi connectivity index (χ3n) is 5.41. The fraction of sp³-hybridized carbons (Fsp3) is 0.882. The summed E-state index contributed by atoms with van der Waals surface area (Å²) in [5, 5.41) is 2.99. The molecule has 0 aromatic heterocycles. The predicted octanol–water partition coefficient (Wildman–Crippen LogP) is 2.72. The molecule has 2 fully saturated rings. The molecule has 1 N–H and O–H groups in total. The zero-order chi connectivity index (χ0) is 15.8. The first kappa shape index (κ1) is 16.3. The van der Waals surface area contributed by atoms with Crippen LogP contribution < -0.4 is 5.32 Å². The van der Waals surface area contributed by atoms with E-state index < -0.39 is 0 Å². The van der Waals surface area contributed by atoms with E-state index in [0.29, 0.717) is 5.92 Å². The Morgan fingerprint density at radius 2 is 1.71 bits per heavy atom. The van der Waals surface area contributed by atoms with Crippen LogP contribution in [-0.2, 0) is 9.59 Å². The van der Waals surface area contributed by atoms with Crippen molar-refractivity contribution in [1.29, 1.82) is 0 Å². The van der Waals surface area contributed by atoms with Crippen LogP contribution in [0.1, 0.15) is 66.7 Å². The first-order chi connectivity index (χ1) is 9.73. The van der Waals surface area contributed by atoms with E-state index in [2.05, 4.69) is 33.0 Å². The summed E-state index contributed by atoms with van der Waals surface area (Å²) in [6, 6.07) is -0.623. The second-order valence-corrected chi connectivity index (χ2v) is 7.85. The van der Waals surface area contributed by atoms with E-state index in [-0.39, 0.29) is 35.4 Å². The molecule has 120 valence electrons. The molecule has 2 aliphatic rings. The van der Waals surface area contributed by atoms with Gasteiger partial charge in [-0.1, -0.05) is 40.0 Å². The lowest BCUT2D eigenvalue weighted by Crippen LogP contribution is -2.67. The van der Waals surface area contributed by atoms with Crippen LogP contribution in [0.2, 0.25) is 0 Å². The number of carbonyl (C=O) groups is 2. The van der Waals surface area contributed by atoms with E-state index in [1.807, 2.05) is 11.8 Å². The minimum atomic E-state index is -0.369. The summed E-state index contributed by atoms with van der Waals surface area (Å²) < 4.78 is 0. The lowest BCUT2D eigenvalue weighted by molar-refractivity contribution is -0.155. The van der Waals surface area contributed by atoms with Crippen LogP contribution in [0.25, 0.3) is 0 Å². The summed E-state index contributed by atoms with van der Waals surface area (Å²) in [5.74, 6) is 0.440. The van der Waals surface area contributed by atoms with E-state index in [1.165, 1.54) is 19.3 Å². The van der Waals surface area contributed by atoms with E-state index in [4.69, 9.17) is 0 Å². The summed E-state index contributed by atoms with van der Waals surface area (Å²) in [5.41, 5.74) is -0.0291. The quantitative estimate of drug-likeness (QED) is 0.851. The van der Waals surface area contributed by atoms with Crippen molar-refractivity contribution < 1.29 is 9.59 Å². The minimum Gasteiger partial charge on any atom is -0.342 e. The minimum absolute atomic E-state index is 0.00118. The molecule has 3 atom stereocenters. The standard InChI is InChI=1S/C17H30N2O2/c1-11-15(20)18-14(13-9-7-6-8-10-13)16(21)19(11)12(2)17(3,4)5/h11-14H,6-10H2,1-5H3,(H,18,20). The molecule has 4 heteroatoms. The Kier molecular flexibility index (Phi) is 4.64. The van der Waals surface area contributed by atoms with Crippen molar-refractivity contribution >= 4 is 11.8 Å². The van der Waals surface area contributed by atoms with Crippen molar-refractivity contribution in [3.63, 3.8) is 0 Å². The summed E-state index contributed by atoms with van der Waals surface area (Å²) in [4.78, 5) is 27.1. The van der Waals surface area contributed by atoms with Gasteiger partial charge in [-0.15, -0.1) is 0 Å². The number of amides is 2. The highest BCUT2D eigenvalue weighted by Gasteiger charge is 2.45. The van der Waals surface area contributed by atoms with Crippen molar-refractivity contribution in [2.45, 2.75) is 84.8 Å². The Labute approximate surface area is 128 Å². The van der Waals surface area contributed by atoms with Crippen LogP contribution >= 0.6 is 0 Å². The van der Waals surface area contributed by atoms with Crippen molar-refractivity contribution in [3.8, 4) is 0 Å². The molecule has 3 unspecified atom stereocenters. The Hall–Kier alpha value is -1.06. The highest BCUT2D eigenvalue weighted by molar-refractivity contribution is 5.97. The molecule has 4 nitrogen and oxygen atoms in total. The van der Waals surface area contributed by atoms with Crippen molar-refractivity contribution in [3.05, 3.63) is 0 Å². The lowest BCUT2D eigenvalue weighted by Gasteiger charge is -2.47. The van der Waals surface area contributed by atoms with Crippen LogP contribution in [0.15, 0.2) is 0 Å². The molecule has 2 rings (SSSR count). The summed E-state index contributed by atoms with van der Waals surface area (Å²) >= 11 is 0. The molecule has 1 saturated heterocycles. The van der Waals surface area contributed by atoms with Crippen LogP contribution in [0.3, 0.4) is 0 Å². The van der Waals surface area contributed by atoms with Gasteiger partial charge in [0.05, 0.1) is 0 Å². The first-order valence-electron chi connectivity index (χ1n) is 8.36.